The maximum atomic E-state index is 11.3. The molecular weight excluding hydrogens is 260 g/mol. The number of aryl methyl sites for hydroxylation is 1. The van der Waals surface area contributed by atoms with Crippen LogP contribution in [0.15, 0.2) is 24.3 Å². The lowest BCUT2D eigenvalue weighted by Gasteiger charge is -2.12. The summed E-state index contributed by atoms with van der Waals surface area (Å²) in [6, 6.07) is 5.07. The normalized spacial score (nSPS) is 11.3. The van der Waals surface area contributed by atoms with Crippen molar-refractivity contribution in [1.82, 2.24) is 0 Å². The summed E-state index contributed by atoms with van der Waals surface area (Å²) < 4.78 is 9.80. The minimum atomic E-state index is -1.02. The number of benzene rings is 1. The van der Waals surface area contributed by atoms with Crippen LogP contribution >= 0.6 is 0 Å². The molecule has 0 spiro atoms. The van der Waals surface area contributed by atoms with E-state index >= 15 is 0 Å². The molecule has 0 unspecified atom stereocenters. The number of carbonyl (C=O) groups is 2. The van der Waals surface area contributed by atoms with Gasteiger partial charge in [0.1, 0.15) is 11.5 Å². The lowest BCUT2D eigenvalue weighted by atomic mass is 10.1. The van der Waals surface area contributed by atoms with E-state index in [4.69, 9.17) is 4.74 Å². The number of hydrogen-bond acceptors (Lipinski definition) is 5. The molecule has 5 nitrogen and oxygen atoms in total. The Balaban J connectivity index is 2.99. The predicted octanol–water partition coefficient (Wildman–Crippen LogP) is 2.42. The van der Waals surface area contributed by atoms with E-state index < -0.39 is 11.8 Å². The fourth-order valence-electron chi connectivity index (χ4n) is 1.63. The SMILES string of the molecule is COC(=O)C(=O)/C=C(\O)c1ccc(OC(C)C)cc1C. The molecule has 0 aliphatic heterocycles. The van der Waals surface area contributed by atoms with Crippen LogP contribution in [0.1, 0.15) is 25.0 Å². The van der Waals surface area contributed by atoms with E-state index in [-0.39, 0.29) is 11.9 Å². The van der Waals surface area contributed by atoms with Crippen LogP contribution < -0.4 is 4.74 Å². The summed E-state index contributed by atoms with van der Waals surface area (Å²) in [6.45, 7) is 5.60. The van der Waals surface area contributed by atoms with Gasteiger partial charge in [-0.25, -0.2) is 4.79 Å². The van der Waals surface area contributed by atoms with E-state index in [0.29, 0.717) is 11.3 Å². The number of ketones is 1. The average molecular weight is 278 g/mol. The van der Waals surface area contributed by atoms with Crippen LogP contribution in [-0.4, -0.2) is 30.1 Å². The summed E-state index contributed by atoms with van der Waals surface area (Å²) in [7, 11) is 1.11. The van der Waals surface area contributed by atoms with Crippen LogP contribution in [0.25, 0.3) is 5.76 Å². The van der Waals surface area contributed by atoms with Crippen molar-refractivity contribution in [2.24, 2.45) is 0 Å². The van der Waals surface area contributed by atoms with Crippen LogP contribution in [0.3, 0.4) is 0 Å². The molecule has 0 saturated carbocycles. The van der Waals surface area contributed by atoms with Crippen LogP contribution in [0.2, 0.25) is 0 Å². The van der Waals surface area contributed by atoms with Crippen molar-refractivity contribution < 1.29 is 24.2 Å². The lowest BCUT2D eigenvalue weighted by Crippen LogP contribution is -2.13. The van der Waals surface area contributed by atoms with Gasteiger partial charge in [0.05, 0.1) is 13.2 Å². The lowest BCUT2D eigenvalue weighted by molar-refractivity contribution is -0.149. The Kier molecular flexibility index (Phi) is 5.32. The third kappa shape index (κ3) is 4.12. The van der Waals surface area contributed by atoms with E-state index in [1.54, 1.807) is 25.1 Å². The van der Waals surface area contributed by atoms with Crippen molar-refractivity contribution in [3.8, 4) is 5.75 Å². The highest BCUT2D eigenvalue weighted by atomic mass is 16.5. The first-order valence-corrected chi connectivity index (χ1v) is 6.15. The topological polar surface area (TPSA) is 72.8 Å². The average Bonchev–Trinajstić information content (AvgIpc) is 2.36. The van der Waals surface area contributed by atoms with Crippen molar-refractivity contribution in [3.05, 3.63) is 35.4 Å². The molecule has 20 heavy (non-hydrogen) atoms. The van der Waals surface area contributed by atoms with Crippen LogP contribution in [0, 0.1) is 6.92 Å². The van der Waals surface area contributed by atoms with E-state index in [1.807, 2.05) is 13.8 Å². The fraction of sp³-hybridized carbons (Fsp3) is 0.333. The quantitative estimate of drug-likeness (QED) is 0.387. The molecule has 0 aliphatic rings. The monoisotopic (exact) mass is 278 g/mol. The summed E-state index contributed by atoms with van der Waals surface area (Å²) in [6.07, 6.45) is 0.891. The molecule has 5 heteroatoms. The highest BCUT2D eigenvalue weighted by Gasteiger charge is 2.14. The van der Waals surface area contributed by atoms with Gasteiger partial charge >= 0.3 is 5.97 Å². The van der Waals surface area contributed by atoms with Crippen LogP contribution in [0.4, 0.5) is 0 Å². The molecule has 0 heterocycles. The molecule has 0 bridgehead atoms. The molecule has 0 atom stereocenters. The van der Waals surface area contributed by atoms with Gasteiger partial charge in [-0.3, -0.25) is 4.79 Å². The molecule has 0 amide bonds. The Morgan fingerprint density at radius 3 is 2.45 bits per heavy atom. The molecule has 1 rings (SSSR count). The zero-order valence-electron chi connectivity index (χ0n) is 12.0. The van der Waals surface area contributed by atoms with Crippen molar-refractivity contribution in [2.75, 3.05) is 7.11 Å². The second-order valence-corrected chi connectivity index (χ2v) is 4.53. The molecule has 1 aromatic carbocycles. The minimum Gasteiger partial charge on any atom is -0.507 e. The molecule has 1 aromatic rings. The smallest absolute Gasteiger partial charge is 0.378 e. The number of methoxy groups -OCH3 is 1. The number of carbonyl (C=O) groups excluding carboxylic acids is 2. The summed E-state index contributed by atoms with van der Waals surface area (Å²) >= 11 is 0. The van der Waals surface area contributed by atoms with Crippen molar-refractivity contribution >= 4 is 17.5 Å². The van der Waals surface area contributed by atoms with Gasteiger partial charge in [-0.1, -0.05) is 0 Å². The molecule has 0 aliphatic carbocycles. The second-order valence-electron chi connectivity index (χ2n) is 4.53. The Morgan fingerprint density at radius 2 is 1.95 bits per heavy atom. The van der Waals surface area contributed by atoms with Gasteiger partial charge in [0.15, 0.2) is 0 Å². The van der Waals surface area contributed by atoms with Gasteiger partial charge in [0.2, 0.25) is 0 Å². The maximum absolute atomic E-state index is 11.3. The standard InChI is InChI=1S/C15H18O5/c1-9(2)20-11-5-6-12(10(3)7-11)13(16)8-14(17)15(18)19-4/h5-9,16H,1-4H3/b13-8-. The van der Waals surface area contributed by atoms with E-state index in [2.05, 4.69) is 4.74 Å². The zero-order valence-corrected chi connectivity index (χ0v) is 12.0. The van der Waals surface area contributed by atoms with E-state index in [9.17, 15) is 14.7 Å². The highest BCUT2D eigenvalue weighted by molar-refractivity contribution is 6.39. The molecule has 0 fully saturated rings. The van der Waals surface area contributed by atoms with Gasteiger partial charge in [-0.05, 0) is 44.5 Å². The number of hydrogen-bond donors (Lipinski definition) is 1. The number of rotatable bonds is 5. The largest absolute Gasteiger partial charge is 0.507 e. The Labute approximate surface area is 117 Å². The summed E-state index contributed by atoms with van der Waals surface area (Å²) in [5.41, 5.74) is 1.19. The molecular formula is C15H18O5. The third-order valence-corrected chi connectivity index (χ3v) is 2.50. The zero-order chi connectivity index (χ0) is 15.3. The summed E-state index contributed by atoms with van der Waals surface area (Å²) in [4.78, 5) is 22.3. The van der Waals surface area contributed by atoms with Gasteiger partial charge < -0.3 is 14.6 Å². The number of esters is 1. The first-order valence-electron chi connectivity index (χ1n) is 6.15. The van der Waals surface area contributed by atoms with Gasteiger partial charge in [-0.2, -0.15) is 0 Å². The van der Waals surface area contributed by atoms with Crippen molar-refractivity contribution in [3.63, 3.8) is 0 Å². The van der Waals surface area contributed by atoms with E-state index in [1.165, 1.54) is 0 Å². The first-order chi connectivity index (χ1) is 9.35. The second kappa shape index (κ2) is 6.75. The number of aliphatic hydroxyl groups excluding tert-OH is 1. The number of aliphatic hydroxyl groups is 1. The Bertz CT molecular complexity index is 543. The molecule has 1 N–H and O–H groups in total. The van der Waals surface area contributed by atoms with Crippen LogP contribution in [0.5, 0.6) is 5.75 Å². The van der Waals surface area contributed by atoms with Crippen molar-refractivity contribution in [2.45, 2.75) is 26.9 Å². The maximum Gasteiger partial charge on any atom is 0.378 e. The van der Waals surface area contributed by atoms with Crippen LogP contribution in [-0.2, 0) is 14.3 Å². The summed E-state index contributed by atoms with van der Waals surface area (Å²) in [5.74, 6) is -1.54. The molecule has 0 aromatic heterocycles. The number of ether oxygens (including phenoxy) is 2. The third-order valence-electron chi connectivity index (χ3n) is 2.50. The Hall–Kier alpha value is -2.30. The van der Waals surface area contributed by atoms with Crippen molar-refractivity contribution in [1.29, 1.82) is 0 Å². The first kappa shape index (κ1) is 15.8. The van der Waals surface area contributed by atoms with Gasteiger partial charge in [0, 0.05) is 11.6 Å². The molecule has 0 radical (unpaired) electrons. The fourth-order valence-corrected chi connectivity index (χ4v) is 1.63. The Morgan fingerprint density at radius 1 is 1.30 bits per heavy atom. The molecule has 108 valence electrons. The van der Waals surface area contributed by atoms with Gasteiger partial charge in [-0.15, -0.1) is 0 Å². The van der Waals surface area contributed by atoms with Gasteiger partial charge in [0.25, 0.3) is 5.78 Å². The summed E-state index contributed by atoms with van der Waals surface area (Å²) in [5, 5.41) is 9.88. The molecule has 0 saturated heterocycles. The minimum absolute atomic E-state index is 0.0466. The van der Waals surface area contributed by atoms with E-state index in [0.717, 1.165) is 18.7 Å². The highest BCUT2D eigenvalue weighted by Crippen LogP contribution is 2.22. The predicted molar refractivity (Wildman–Crippen MR) is 74.6 cm³/mol.